The van der Waals surface area contributed by atoms with Crippen LogP contribution in [-0.2, 0) is 22.1 Å². The summed E-state index contributed by atoms with van der Waals surface area (Å²) >= 11 is 6.19. The molecule has 38 heavy (non-hydrogen) atoms. The normalized spacial score (nSPS) is 11.4. The molecular weight excluding hydrogens is 530 g/mol. The van der Waals surface area contributed by atoms with Crippen LogP contribution in [0.25, 0.3) is 22.1 Å². The van der Waals surface area contributed by atoms with Crippen molar-refractivity contribution in [3.63, 3.8) is 0 Å². The van der Waals surface area contributed by atoms with Crippen LogP contribution in [0, 0.1) is 12.7 Å². The first-order chi connectivity index (χ1) is 17.9. The monoisotopic (exact) mass is 547 g/mol. The van der Waals surface area contributed by atoms with Gasteiger partial charge in [-0.05, 0) is 54.4 Å². The summed E-state index contributed by atoms with van der Waals surface area (Å²) in [4.78, 5) is 37.8. The highest BCUT2D eigenvalue weighted by Gasteiger charge is 2.34. The fourth-order valence-corrected chi connectivity index (χ4v) is 4.12. The average Bonchev–Trinajstić information content (AvgIpc) is 2.86. The SMILES string of the molecule is COC(=O)c1ccc(-c2c(CC(=O)Nc3ccc(F)cc3C(F)(F)F)c(=O)oc3cc(Cl)c(C)cc23)cc1. The summed E-state index contributed by atoms with van der Waals surface area (Å²) in [6, 6.07) is 10.9. The van der Waals surface area contributed by atoms with Crippen molar-refractivity contribution in [2.75, 3.05) is 12.4 Å². The number of anilines is 1. The average molecular weight is 548 g/mol. The molecule has 0 aliphatic rings. The first-order valence-corrected chi connectivity index (χ1v) is 11.4. The molecule has 1 N–H and O–H groups in total. The first-order valence-electron chi connectivity index (χ1n) is 11.0. The zero-order valence-corrected chi connectivity index (χ0v) is 20.6. The lowest BCUT2D eigenvalue weighted by atomic mass is 9.93. The Labute approximate surface area is 217 Å². The van der Waals surface area contributed by atoms with E-state index in [1.807, 2.05) is 0 Å². The predicted molar refractivity (Wildman–Crippen MR) is 133 cm³/mol. The zero-order chi connectivity index (χ0) is 27.8. The molecule has 0 fully saturated rings. The maximum absolute atomic E-state index is 13.5. The lowest BCUT2D eigenvalue weighted by molar-refractivity contribution is -0.137. The van der Waals surface area contributed by atoms with Crippen molar-refractivity contribution < 1.29 is 36.3 Å². The van der Waals surface area contributed by atoms with Gasteiger partial charge in [-0.2, -0.15) is 13.2 Å². The number of hydrogen-bond acceptors (Lipinski definition) is 5. The zero-order valence-electron chi connectivity index (χ0n) is 19.8. The van der Waals surface area contributed by atoms with Gasteiger partial charge in [0.05, 0.1) is 35.9 Å². The second-order valence-electron chi connectivity index (χ2n) is 8.32. The topological polar surface area (TPSA) is 85.6 Å². The number of nitrogens with one attached hydrogen (secondary N) is 1. The molecule has 1 amide bonds. The van der Waals surface area contributed by atoms with Crippen LogP contribution in [0.15, 0.2) is 63.8 Å². The molecule has 0 saturated heterocycles. The number of carbonyl (C=O) groups excluding carboxylic acids is 2. The van der Waals surface area contributed by atoms with Gasteiger partial charge >= 0.3 is 17.8 Å². The van der Waals surface area contributed by atoms with Crippen LogP contribution in [0.1, 0.15) is 27.0 Å². The van der Waals surface area contributed by atoms with Crippen molar-refractivity contribution in [3.8, 4) is 11.1 Å². The highest BCUT2D eigenvalue weighted by atomic mass is 35.5. The minimum atomic E-state index is -4.93. The van der Waals surface area contributed by atoms with Crippen molar-refractivity contribution in [1.82, 2.24) is 0 Å². The third-order valence-electron chi connectivity index (χ3n) is 5.77. The molecule has 0 unspecified atom stereocenters. The molecule has 6 nitrogen and oxygen atoms in total. The standard InChI is InChI=1S/C27H18ClF4NO5/c1-13-9-17-22(12-20(13)28)38-26(36)18(24(17)14-3-5-15(6-4-14)25(35)37-2)11-23(34)33-21-8-7-16(29)10-19(21)27(30,31)32/h3-10,12H,11H2,1-2H3,(H,33,34). The largest absolute Gasteiger partial charge is 0.465 e. The van der Waals surface area contributed by atoms with Crippen LogP contribution < -0.4 is 10.9 Å². The lowest BCUT2D eigenvalue weighted by Gasteiger charge is -2.16. The van der Waals surface area contributed by atoms with Gasteiger partial charge in [-0.1, -0.05) is 23.7 Å². The van der Waals surface area contributed by atoms with E-state index in [9.17, 15) is 31.9 Å². The fraction of sp³-hybridized carbons (Fsp3) is 0.148. The van der Waals surface area contributed by atoms with Crippen molar-refractivity contribution in [1.29, 1.82) is 0 Å². The summed E-state index contributed by atoms with van der Waals surface area (Å²) in [5.74, 6) is -2.68. The molecule has 0 aliphatic carbocycles. The summed E-state index contributed by atoms with van der Waals surface area (Å²) in [5.41, 5.74) is -1.39. The molecule has 0 radical (unpaired) electrons. The molecule has 3 aromatic carbocycles. The number of amides is 1. The van der Waals surface area contributed by atoms with Gasteiger partial charge in [0.2, 0.25) is 5.91 Å². The Morgan fingerprint density at radius 2 is 1.74 bits per heavy atom. The number of carbonyl (C=O) groups is 2. The van der Waals surface area contributed by atoms with Crippen LogP contribution in [0.3, 0.4) is 0 Å². The van der Waals surface area contributed by atoms with Gasteiger partial charge in [0.15, 0.2) is 0 Å². The van der Waals surface area contributed by atoms with Crippen LogP contribution >= 0.6 is 11.6 Å². The summed E-state index contributed by atoms with van der Waals surface area (Å²) in [6.07, 6.45) is -5.60. The van der Waals surface area contributed by atoms with Crippen molar-refractivity contribution >= 4 is 40.1 Å². The maximum atomic E-state index is 13.5. The molecule has 0 bridgehead atoms. The van der Waals surface area contributed by atoms with E-state index in [1.165, 1.54) is 37.4 Å². The number of halogens is 5. The number of fused-ring (bicyclic) bond motifs is 1. The number of benzene rings is 3. The van der Waals surface area contributed by atoms with E-state index in [4.69, 9.17) is 20.8 Å². The third-order valence-corrected chi connectivity index (χ3v) is 6.18. The Balaban J connectivity index is 1.83. The first kappa shape index (κ1) is 26.9. The highest BCUT2D eigenvalue weighted by molar-refractivity contribution is 6.32. The molecule has 1 heterocycles. The Morgan fingerprint density at radius 3 is 2.37 bits per heavy atom. The van der Waals surface area contributed by atoms with Crippen LogP contribution in [0.2, 0.25) is 5.02 Å². The third kappa shape index (κ3) is 5.40. The van der Waals surface area contributed by atoms with E-state index in [0.29, 0.717) is 21.5 Å². The van der Waals surface area contributed by atoms with Crippen molar-refractivity contribution in [2.45, 2.75) is 19.5 Å². The highest BCUT2D eigenvalue weighted by Crippen LogP contribution is 2.36. The summed E-state index contributed by atoms with van der Waals surface area (Å²) < 4.78 is 63.7. The van der Waals surface area contributed by atoms with Gasteiger partial charge in [0.1, 0.15) is 11.4 Å². The number of esters is 1. The van der Waals surface area contributed by atoms with Crippen LogP contribution in [0.4, 0.5) is 23.2 Å². The molecule has 0 aliphatic heterocycles. The molecule has 196 valence electrons. The summed E-state index contributed by atoms with van der Waals surface area (Å²) in [5, 5.41) is 2.85. The molecule has 0 atom stereocenters. The molecular formula is C27H18ClF4NO5. The van der Waals surface area contributed by atoms with Gasteiger partial charge in [0.25, 0.3) is 0 Å². The van der Waals surface area contributed by atoms with Gasteiger partial charge in [-0.3, -0.25) is 4.79 Å². The predicted octanol–water partition coefficient (Wildman–Crippen LogP) is 6.55. The van der Waals surface area contributed by atoms with E-state index in [-0.39, 0.29) is 28.3 Å². The second-order valence-corrected chi connectivity index (χ2v) is 8.73. The number of methoxy groups -OCH3 is 1. The Bertz CT molecular complexity index is 1630. The summed E-state index contributed by atoms with van der Waals surface area (Å²) in [6.45, 7) is 1.72. The minimum absolute atomic E-state index is 0.125. The number of ether oxygens (including phenoxy) is 1. The summed E-state index contributed by atoms with van der Waals surface area (Å²) in [7, 11) is 1.22. The van der Waals surface area contributed by atoms with E-state index in [0.717, 1.165) is 12.1 Å². The molecule has 4 rings (SSSR count). The van der Waals surface area contributed by atoms with Crippen LogP contribution in [0.5, 0.6) is 0 Å². The van der Waals surface area contributed by atoms with Crippen LogP contribution in [-0.4, -0.2) is 19.0 Å². The van der Waals surface area contributed by atoms with Gasteiger partial charge in [0, 0.05) is 22.0 Å². The Morgan fingerprint density at radius 1 is 1.05 bits per heavy atom. The number of alkyl halides is 3. The Kier molecular flexibility index (Phi) is 7.28. The quantitative estimate of drug-likeness (QED) is 0.174. The molecule has 1 aromatic heterocycles. The fourth-order valence-electron chi connectivity index (χ4n) is 3.97. The Hall–Kier alpha value is -4.18. The van der Waals surface area contributed by atoms with Gasteiger partial charge < -0.3 is 14.5 Å². The lowest BCUT2D eigenvalue weighted by Crippen LogP contribution is -2.22. The van der Waals surface area contributed by atoms with Crippen molar-refractivity contribution in [3.05, 3.63) is 98.1 Å². The minimum Gasteiger partial charge on any atom is -0.465 e. The van der Waals surface area contributed by atoms with E-state index in [1.54, 1.807) is 13.0 Å². The number of hydrogen-bond donors (Lipinski definition) is 1. The van der Waals surface area contributed by atoms with E-state index in [2.05, 4.69) is 5.32 Å². The van der Waals surface area contributed by atoms with E-state index >= 15 is 0 Å². The van der Waals surface area contributed by atoms with Crippen molar-refractivity contribution in [2.24, 2.45) is 0 Å². The molecule has 11 heteroatoms. The molecule has 0 spiro atoms. The molecule has 4 aromatic rings. The molecule has 0 saturated carbocycles. The van der Waals surface area contributed by atoms with Gasteiger partial charge in [-0.15, -0.1) is 0 Å². The van der Waals surface area contributed by atoms with E-state index < -0.39 is 47.2 Å². The second kappa shape index (κ2) is 10.3. The number of aryl methyl sites for hydroxylation is 1. The number of rotatable bonds is 5. The maximum Gasteiger partial charge on any atom is 0.418 e. The smallest absolute Gasteiger partial charge is 0.418 e. The van der Waals surface area contributed by atoms with Gasteiger partial charge in [-0.25, -0.2) is 14.0 Å².